The molecule has 1 aromatic heterocycles. The minimum Gasteiger partial charge on any atom is -0.493 e. The van der Waals surface area contributed by atoms with Gasteiger partial charge in [0.1, 0.15) is 0 Å². The molecule has 1 amide bonds. The van der Waals surface area contributed by atoms with Gasteiger partial charge in [0.15, 0.2) is 17.3 Å². The van der Waals surface area contributed by atoms with Gasteiger partial charge in [0.25, 0.3) is 5.91 Å². The summed E-state index contributed by atoms with van der Waals surface area (Å²) in [5, 5.41) is 3.04. The minimum absolute atomic E-state index is 0.00349. The lowest BCUT2D eigenvalue weighted by atomic mass is 9.91. The van der Waals surface area contributed by atoms with Crippen molar-refractivity contribution in [3.8, 4) is 11.5 Å². The van der Waals surface area contributed by atoms with E-state index >= 15 is 0 Å². The van der Waals surface area contributed by atoms with Crippen molar-refractivity contribution in [2.45, 2.75) is 25.9 Å². The van der Waals surface area contributed by atoms with Crippen LogP contribution in [0.25, 0.3) is 0 Å². The molecule has 0 aliphatic carbocycles. The fourth-order valence-corrected chi connectivity index (χ4v) is 4.12. The number of furan rings is 1. The summed E-state index contributed by atoms with van der Waals surface area (Å²) in [7, 11) is 3.29. The maximum atomic E-state index is 12.5. The van der Waals surface area contributed by atoms with E-state index in [0.717, 1.165) is 30.8 Å². The Morgan fingerprint density at radius 3 is 2.55 bits per heavy atom. The largest absolute Gasteiger partial charge is 0.493 e. The van der Waals surface area contributed by atoms with Gasteiger partial charge in [-0.2, -0.15) is 0 Å². The average molecular weight is 421 g/mol. The molecule has 0 saturated heterocycles. The maximum Gasteiger partial charge on any atom is 0.287 e. The third-order valence-corrected chi connectivity index (χ3v) is 5.82. The molecule has 6 nitrogen and oxygen atoms in total. The molecule has 2 aromatic carbocycles. The third-order valence-electron chi connectivity index (χ3n) is 5.82. The van der Waals surface area contributed by atoms with E-state index in [-0.39, 0.29) is 11.9 Å². The summed E-state index contributed by atoms with van der Waals surface area (Å²) >= 11 is 0. The Kier molecular flexibility index (Phi) is 6.28. The molecule has 4 rings (SSSR count). The van der Waals surface area contributed by atoms with Gasteiger partial charge in [-0.3, -0.25) is 9.69 Å². The number of hydrogen-bond acceptors (Lipinski definition) is 5. The van der Waals surface area contributed by atoms with Crippen LogP contribution in [-0.2, 0) is 13.0 Å². The van der Waals surface area contributed by atoms with Gasteiger partial charge in [-0.25, -0.2) is 0 Å². The molecule has 3 aromatic rings. The minimum atomic E-state index is -0.215. The van der Waals surface area contributed by atoms with Crippen LogP contribution in [0.4, 0.5) is 0 Å². The lowest BCUT2D eigenvalue weighted by Gasteiger charge is -2.38. The second-order valence-corrected chi connectivity index (χ2v) is 7.82. The van der Waals surface area contributed by atoms with Crippen LogP contribution >= 0.6 is 0 Å². The number of carbonyl (C=O) groups excluding carboxylic acids is 1. The van der Waals surface area contributed by atoms with E-state index in [0.29, 0.717) is 18.1 Å². The zero-order valence-corrected chi connectivity index (χ0v) is 18.2. The number of aryl methyl sites for hydroxylation is 1. The predicted octanol–water partition coefficient (Wildman–Crippen LogP) is 4.13. The average Bonchev–Trinajstić information content (AvgIpc) is 3.33. The van der Waals surface area contributed by atoms with E-state index in [1.165, 1.54) is 23.0 Å². The SMILES string of the molecule is COc1cc2c(cc1OC)[C@H](CNC(=O)c1ccco1)N(Cc1ccc(C)cc1)CC2. The molecule has 31 heavy (non-hydrogen) atoms. The third kappa shape index (κ3) is 4.59. The Labute approximate surface area is 182 Å². The van der Waals surface area contributed by atoms with E-state index < -0.39 is 0 Å². The molecule has 0 fully saturated rings. The lowest BCUT2D eigenvalue weighted by molar-refractivity contribution is 0.0898. The topological polar surface area (TPSA) is 63.9 Å². The number of fused-ring (bicyclic) bond motifs is 1. The summed E-state index contributed by atoms with van der Waals surface area (Å²) in [4.78, 5) is 14.9. The van der Waals surface area contributed by atoms with Gasteiger partial charge in [-0.1, -0.05) is 29.8 Å². The zero-order chi connectivity index (χ0) is 21.8. The summed E-state index contributed by atoms with van der Waals surface area (Å²) in [6.45, 7) is 4.24. The van der Waals surface area contributed by atoms with E-state index in [4.69, 9.17) is 13.9 Å². The molecule has 1 atom stereocenters. The van der Waals surface area contributed by atoms with E-state index in [1.54, 1.807) is 26.4 Å². The number of ether oxygens (including phenoxy) is 2. The summed E-state index contributed by atoms with van der Waals surface area (Å²) < 4.78 is 16.3. The Morgan fingerprint density at radius 1 is 1.13 bits per heavy atom. The molecule has 0 bridgehead atoms. The van der Waals surface area contributed by atoms with Crippen LogP contribution in [-0.4, -0.2) is 38.1 Å². The molecule has 0 radical (unpaired) electrons. The first-order chi connectivity index (χ1) is 15.1. The first-order valence-electron chi connectivity index (χ1n) is 10.4. The normalized spacial score (nSPS) is 15.9. The van der Waals surface area contributed by atoms with Crippen molar-refractivity contribution in [2.75, 3.05) is 27.3 Å². The zero-order valence-electron chi connectivity index (χ0n) is 18.2. The number of carbonyl (C=O) groups is 1. The first-order valence-corrected chi connectivity index (χ1v) is 10.4. The van der Waals surface area contributed by atoms with Crippen LogP contribution in [0.2, 0.25) is 0 Å². The number of nitrogens with zero attached hydrogens (tertiary/aromatic N) is 1. The highest BCUT2D eigenvalue weighted by Gasteiger charge is 2.30. The van der Waals surface area contributed by atoms with Crippen molar-refractivity contribution in [3.63, 3.8) is 0 Å². The number of rotatable bonds is 7. The summed E-state index contributed by atoms with van der Waals surface area (Å²) in [6.07, 6.45) is 2.41. The molecule has 0 spiro atoms. The Balaban J connectivity index is 1.63. The van der Waals surface area contributed by atoms with Gasteiger partial charge >= 0.3 is 0 Å². The Hall–Kier alpha value is -3.25. The predicted molar refractivity (Wildman–Crippen MR) is 119 cm³/mol. The molecular formula is C25H28N2O4. The number of benzene rings is 2. The molecule has 6 heteroatoms. The monoisotopic (exact) mass is 420 g/mol. The van der Waals surface area contributed by atoms with E-state index in [2.05, 4.69) is 47.5 Å². The molecule has 1 aliphatic heterocycles. The second-order valence-electron chi connectivity index (χ2n) is 7.82. The van der Waals surface area contributed by atoms with Gasteiger partial charge in [-0.15, -0.1) is 0 Å². The summed E-state index contributed by atoms with van der Waals surface area (Å²) in [6, 6.07) is 16.1. The van der Waals surface area contributed by atoms with Gasteiger partial charge in [0.2, 0.25) is 0 Å². The Morgan fingerprint density at radius 2 is 1.87 bits per heavy atom. The lowest BCUT2D eigenvalue weighted by Crippen LogP contribution is -2.41. The molecule has 0 saturated carbocycles. The standard InChI is InChI=1S/C25H28N2O4/c1-17-6-8-18(9-7-17)16-27-11-10-19-13-23(29-2)24(30-3)14-20(19)21(27)15-26-25(28)22-5-4-12-31-22/h4-9,12-14,21H,10-11,15-16H2,1-3H3,(H,26,28)/t21-/m0/s1. The van der Waals surface area contributed by atoms with Crippen molar-refractivity contribution >= 4 is 5.91 Å². The highest BCUT2D eigenvalue weighted by atomic mass is 16.5. The van der Waals surface area contributed by atoms with Gasteiger partial charge in [-0.05, 0) is 54.3 Å². The fraction of sp³-hybridized carbons (Fsp3) is 0.320. The van der Waals surface area contributed by atoms with E-state index in [1.807, 2.05) is 6.07 Å². The molecule has 0 unspecified atom stereocenters. The van der Waals surface area contributed by atoms with Crippen molar-refractivity contribution in [2.24, 2.45) is 0 Å². The second kappa shape index (κ2) is 9.27. The maximum absolute atomic E-state index is 12.5. The smallest absolute Gasteiger partial charge is 0.287 e. The molecule has 1 aliphatic rings. The van der Waals surface area contributed by atoms with Crippen molar-refractivity contribution in [1.29, 1.82) is 0 Å². The van der Waals surface area contributed by atoms with Crippen LogP contribution in [0, 0.1) is 6.92 Å². The van der Waals surface area contributed by atoms with Gasteiger partial charge in [0, 0.05) is 19.6 Å². The van der Waals surface area contributed by atoms with Crippen LogP contribution < -0.4 is 14.8 Å². The van der Waals surface area contributed by atoms with Crippen LogP contribution in [0.1, 0.15) is 38.9 Å². The van der Waals surface area contributed by atoms with Crippen molar-refractivity contribution < 1.29 is 18.7 Å². The van der Waals surface area contributed by atoms with Crippen LogP contribution in [0.5, 0.6) is 11.5 Å². The van der Waals surface area contributed by atoms with Crippen LogP contribution in [0.15, 0.2) is 59.2 Å². The van der Waals surface area contributed by atoms with Gasteiger partial charge < -0.3 is 19.2 Å². The molecule has 1 N–H and O–H groups in total. The van der Waals surface area contributed by atoms with Crippen molar-refractivity contribution in [1.82, 2.24) is 10.2 Å². The molecule has 2 heterocycles. The number of methoxy groups -OCH3 is 2. The highest BCUT2D eigenvalue weighted by Crippen LogP contribution is 2.38. The highest BCUT2D eigenvalue weighted by molar-refractivity contribution is 5.91. The number of nitrogens with one attached hydrogen (secondary N) is 1. The summed E-state index contributed by atoms with van der Waals surface area (Å²) in [5.74, 6) is 1.52. The molecule has 162 valence electrons. The van der Waals surface area contributed by atoms with Crippen LogP contribution in [0.3, 0.4) is 0 Å². The summed E-state index contributed by atoms with van der Waals surface area (Å²) in [5.41, 5.74) is 4.86. The quantitative estimate of drug-likeness (QED) is 0.623. The Bertz CT molecular complexity index is 1030. The van der Waals surface area contributed by atoms with E-state index in [9.17, 15) is 4.79 Å². The van der Waals surface area contributed by atoms with Gasteiger partial charge in [0.05, 0.1) is 26.5 Å². The number of hydrogen-bond donors (Lipinski definition) is 1. The van der Waals surface area contributed by atoms with Crippen molar-refractivity contribution in [3.05, 3.63) is 82.8 Å². The first kappa shape index (κ1) is 21.0. The molecular weight excluding hydrogens is 392 g/mol. The fourth-order valence-electron chi connectivity index (χ4n) is 4.12. The number of amides is 1.